The fraction of sp³-hybridized carbons (Fsp3) is 0.188. The largest absolute Gasteiger partial charge is 0.359 e. The summed E-state index contributed by atoms with van der Waals surface area (Å²) in [7, 11) is 0. The monoisotopic (exact) mass is 320 g/mol. The van der Waals surface area contributed by atoms with Gasteiger partial charge in [-0.3, -0.25) is 0 Å². The highest BCUT2D eigenvalue weighted by Gasteiger charge is 2.10. The van der Waals surface area contributed by atoms with E-state index in [4.69, 9.17) is 11.6 Å². The third-order valence-corrected chi connectivity index (χ3v) is 4.65. The van der Waals surface area contributed by atoms with E-state index in [0.717, 1.165) is 32.4 Å². The van der Waals surface area contributed by atoms with Gasteiger partial charge in [0, 0.05) is 6.04 Å². The van der Waals surface area contributed by atoms with Gasteiger partial charge in [-0.2, -0.15) is 0 Å². The molecule has 0 spiro atoms. The lowest BCUT2D eigenvalue weighted by molar-refractivity contribution is 0.626. The number of hydrogen-bond acceptors (Lipinski definition) is 3. The average Bonchev–Trinajstić information content (AvgIpc) is 2.85. The summed E-state index contributed by atoms with van der Waals surface area (Å²) in [6.07, 6.45) is 0.809. The average molecular weight is 321 g/mol. The van der Waals surface area contributed by atoms with E-state index in [-0.39, 0.29) is 11.9 Å². The molecule has 3 rings (SSSR count). The number of thiazole rings is 1. The Morgan fingerprint density at radius 2 is 2.00 bits per heavy atom. The number of nitrogens with zero attached hydrogens (tertiary/aromatic N) is 1. The fourth-order valence-corrected chi connectivity index (χ4v) is 3.48. The van der Waals surface area contributed by atoms with E-state index >= 15 is 0 Å². The highest BCUT2D eigenvalue weighted by atomic mass is 35.5. The zero-order valence-corrected chi connectivity index (χ0v) is 13.0. The van der Waals surface area contributed by atoms with Crippen LogP contribution < -0.4 is 5.32 Å². The van der Waals surface area contributed by atoms with Gasteiger partial charge in [-0.1, -0.05) is 41.1 Å². The summed E-state index contributed by atoms with van der Waals surface area (Å²) in [4.78, 5) is 4.53. The van der Waals surface area contributed by atoms with E-state index in [1.807, 2.05) is 30.3 Å². The van der Waals surface area contributed by atoms with Gasteiger partial charge in [-0.25, -0.2) is 9.37 Å². The molecule has 0 saturated heterocycles. The number of anilines is 1. The highest BCUT2D eigenvalue weighted by Crippen LogP contribution is 2.32. The lowest BCUT2D eigenvalue weighted by atomic mass is 10.1. The summed E-state index contributed by atoms with van der Waals surface area (Å²) >= 11 is 7.71. The smallest absolute Gasteiger partial charge is 0.184 e. The minimum atomic E-state index is -0.208. The minimum absolute atomic E-state index is 0.204. The molecule has 5 heteroatoms. The number of fused-ring (bicyclic) bond motifs is 1. The Labute approximate surface area is 131 Å². The molecule has 3 aromatic rings. The topological polar surface area (TPSA) is 24.9 Å². The van der Waals surface area contributed by atoms with Crippen LogP contribution in [-0.4, -0.2) is 11.0 Å². The SMILES string of the molecule is CC(Cc1ccc(F)cc1)Nc1nc2cccc(Cl)c2s1. The summed E-state index contributed by atoms with van der Waals surface area (Å²) in [6.45, 7) is 2.08. The lowest BCUT2D eigenvalue weighted by Gasteiger charge is -2.12. The molecule has 1 atom stereocenters. The van der Waals surface area contributed by atoms with Gasteiger partial charge in [0.1, 0.15) is 5.82 Å². The Bertz CT molecular complexity index is 755. The molecular weight excluding hydrogens is 307 g/mol. The second-order valence-electron chi connectivity index (χ2n) is 4.98. The molecular formula is C16H14ClFN2S. The van der Waals surface area contributed by atoms with Gasteiger partial charge in [-0.15, -0.1) is 0 Å². The molecule has 2 aromatic carbocycles. The molecule has 1 aromatic heterocycles. The van der Waals surface area contributed by atoms with Crippen molar-refractivity contribution in [1.82, 2.24) is 4.98 Å². The van der Waals surface area contributed by atoms with Crippen molar-refractivity contribution >= 4 is 38.3 Å². The molecule has 0 aliphatic carbocycles. The molecule has 1 unspecified atom stereocenters. The summed E-state index contributed by atoms with van der Waals surface area (Å²) in [5.74, 6) is -0.208. The van der Waals surface area contributed by atoms with Crippen molar-refractivity contribution in [2.24, 2.45) is 0 Å². The van der Waals surface area contributed by atoms with Gasteiger partial charge >= 0.3 is 0 Å². The molecule has 108 valence electrons. The number of halogens is 2. The van der Waals surface area contributed by atoms with Crippen LogP contribution >= 0.6 is 22.9 Å². The molecule has 0 aliphatic rings. The van der Waals surface area contributed by atoms with Crippen molar-refractivity contribution in [3.63, 3.8) is 0 Å². The van der Waals surface area contributed by atoms with Crippen LogP contribution in [-0.2, 0) is 6.42 Å². The predicted molar refractivity (Wildman–Crippen MR) is 87.8 cm³/mol. The molecule has 1 heterocycles. The Morgan fingerprint density at radius 1 is 1.24 bits per heavy atom. The maximum absolute atomic E-state index is 12.9. The van der Waals surface area contributed by atoms with Gasteiger partial charge < -0.3 is 5.32 Å². The first-order chi connectivity index (χ1) is 10.1. The third-order valence-electron chi connectivity index (χ3n) is 3.19. The maximum atomic E-state index is 12.9. The van der Waals surface area contributed by atoms with Crippen molar-refractivity contribution in [2.75, 3.05) is 5.32 Å². The van der Waals surface area contributed by atoms with Crippen molar-refractivity contribution in [1.29, 1.82) is 0 Å². The summed E-state index contributed by atoms with van der Waals surface area (Å²) < 4.78 is 13.9. The van der Waals surface area contributed by atoms with E-state index in [1.54, 1.807) is 11.3 Å². The van der Waals surface area contributed by atoms with E-state index < -0.39 is 0 Å². The number of aromatic nitrogens is 1. The van der Waals surface area contributed by atoms with E-state index in [0.29, 0.717) is 0 Å². The molecule has 2 nitrogen and oxygen atoms in total. The Balaban J connectivity index is 1.72. The van der Waals surface area contributed by atoms with E-state index in [9.17, 15) is 4.39 Å². The molecule has 0 radical (unpaired) electrons. The standard InChI is InChI=1S/C16H14ClFN2S/c1-10(9-11-5-7-12(18)8-6-11)19-16-20-14-4-2-3-13(17)15(14)21-16/h2-8,10H,9H2,1H3,(H,19,20). The first kappa shape index (κ1) is 14.3. The molecule has 0 bridgehead atoms. The predicted octanol–water partition coefficient (Wildman–Crippen LogP) is 5.13. The number of benzene rings is 2. The molecule has 0 fully saturated rings. The van der Waals surface area contributed by atoms with Crippen LogP contribution in [0.4, 0.5) is 9.52 Å². The van der Waals surface area contributed by atoms with E-state index in [2.05, 4.69) is 17.2 Å². The molecule has 1 N–H and O–H groups in total. The Hall–Kier alpha value is -1.65. The van der Waals surface area contributed by atoms with Gasteiger partial charge in [0.25, 0.3) is 0 Å². The second-order valence-corrected chi connectivity index (χ2v) is 6.39. The third kappa shape index (κ3) is 3.34. The van der Waals surface area contributed by atoms with Gasteiger partial charge in [0.15, 0.2) is 5.13 Å². The van der Waals surface area contributed by atoms with Crippen LogP contribution in [0.1, 0.15) is 12.5 Å². The first-order valence-corrected chi connectivity index (χ1v) is 7.87. The van der Waals surface area contributed by atoms with Crippen LogP contribution in [0, 0.1) is 5.82 Å². The van der Waals surface area contributed by atoms with Crippen LogP contribution in [0.3, 0.4) is 0 Å². The summed E-state index contributed by atoms with van der Waals surface area (Å²) in [5, 5.41) is 4.96. The summed E-state index contributed by atoms with van der Waals surface area (Å²) in [5.41, 5.74) is 2.00. The zero-order chi connectivity index (χ0) is 14.8. The number of nitrogens with one attached hydrogen (secondary N) is 1. The van der Waals surface area contributed by atoms with Crippen LogP contribution in [0.15, 0.2) is 42.5 Å². The van der Waals surface area contributed by atoms with Crippen molar-refractivity contribution in [3.8, 4) is 0 Å². The highest BCUT2D eigenvalue weighted by molar-refractivity contribution is 7.22. The number of hydrogen-bond donors (Lipinski definition) is 1. The number of rotatable bonds is 4. The maximum Gasteiger partial charge on any atom is 0.184 e. The van der Waals surface area contributed by atoms with Crippen molar-refractivity contribution in [2.45, 2.75) is 19.4 Å². The van der Waals surface area contributed by atoms with Gasteiger partial charge in [0.2, 0.25) is 0 Å². The Morgan fingerprint density at radius 3 is 2.71 bits per heavy atom. The van der Waals surface area contributed by atoms with Crippen LogP contribution in [0.5, 0.6) is 0 Å². The molecule has 0 amide bonds. The van der Waals surface area contributed by atoms with Crippen molar-refractivity contribution in [3.05, 3.63) is 58.9 Å². The lowest BCUT2D eigenvalue weighted by Crippen LogP contribution is -2.17. The summed E-state index contributed by atoms with van der Waals surface area (Å²) in [6, 6.07) is 12.5. The normalized spacial score (nSPS) is 12.5. The second kappa shape index (κ2) is 6.00. The zero-order valence-electron chi connectivity index (χ0n) is 11.4. The minimum Gasteiger partial charge on any atom is -0.359 e. The first-order valence-electron chi connectivity index (χ1n) is 6.68. The van der Waals surface area contributed by atoms with Crippen LogP contribution in [0.25, 0.3) is 10.2 Å². The Kier molecular flexibility index (Phi) is 4.08. The van der Waals surface area contributed by atoms with Gasteiger partial charge in [0.05, 0.1) is 15.2 Å². The van der Waals surface area contributed by atoms with E-state index in [1.165, 1.54) is 12.1 Å². The van der Waals surface area contributed by atoms with Crippen LogP contribution in [0.2, 0.25) is 5.02 Å². The fourth-order valence-electron chi connectivity index (χ4n) is 2.21. The molecule has 0 saturated carbocycles. The molecule has 0 aliphatic heterocycles. The van der Waals surface area contributed by atoms with Gasteiger partial charge in [-0.05, 0) is 43.2 Å². The molecule has 21 heavy (non-hydrogen) atoms. The quantitative estimate of drug-likeness (QED) is 0.720. The van der Waals surface area contributed by atoms with Crippen molar-refractivity contribution < 1.29 is 4.39 Å².